The standard InChI is InChI=1S/C12H12BrF3N2/c1-2-6-18(8-12(14,15)16)11-5-3-4-10(13)9(11)7-17/h3-5H,2,6,8H2,1H3. The van der Waals surface area contributed by atoms with E-state index in [1.165, 1.54) is 11.0 Å². The van der Waals surface area contributed by atoms with Crippen molar-refractivity contribution >= 4 is 21.6 Å². The van der Waals surface area contributed by atoms with Crippen molar-refractivity contribution in [3.63, 3.8) is 0 Å². The van der Waals surface area contributed by atoms with E-state index in [0.29, 0.717) is 16.6 Å². The molecule has 0 aliphatic carbocycles. The summed E-state index contributed by atoms with van der Waals surface area (Å²) in [5.41, 5.74) is 0.543. The average molecular weight is 321 g/mol. The van der Waals surface area contributed by atoms with Crippen LogP contribution in [0.1, 0.15) is 18.9 Å². The minimum atomic E-state index is -4.29. The van der Waals surface area contributed by atoms with Gasteiger partial charge in [0.15, 0.2) is 0 Å². The highest BCUT2D eigenvalue weighted by atomic mass is 79.9. The molecule has 2 nitrogen and oxygen atoms in total. The summed E-state index contributed by atoms with van der Waals surface area (Å²) in [5.74, 6) is 0. The molecule has 0 atom stereocenters. The van der Waals surface area contributed by atoms with Gasteiger partial charge in [-0.1, -0.05) is 13.0 Å². The molecule has 0 amide bonds. The summed E-state index contributed by atoms with van der Waals surface area (Å²) >= 11 is 3.18. The van der Waals surface area contributed by atoms with Gasteiger partial charge in [-0.15, -0.1) is 0 Å². The van der Waals surface area contributed by atoms with Crippen molar-refractivity contribution in [3.05, 3.63) is 28.2 Å². The van der Waals surface area contributed by atoms with E-state index in [-0.39, 0.29) is 12.1 Å². The van der Waals surface area contributed by atoms with Crippen LogP contribution in [-0.2, 0) is 0 Å². The molecule has 0 bridgehead atoms. The topological polar surface area (TPSA) is 27.0 Å². The zero-order chi connectivity index (χ0) is 13.8. The molecule has 0 aliphatic rings. The molecule has 98 valence electrons. The number of benzene rings is 1. The Balaban J connectivity index is 3.14. The summed E-state index contributed by atoms with van der Waals surface area (Å²) in [6.45, 7) is 1.00. The molecule has 0 N–H and O–H groups in total. The van der Waals surface area contributed by atoms with Crippen molar-refractivity contribution in [2.45, 2.75) is 19.5 Å². The number of anilines is 1. The predicted octanol–water partition coefficient (Wildman–Crippen LogP) is 4.10. The second-order valence-electron chi connectivity index (χ2n) is 3.78. The SMILES string of the molecule is CCCN(CC(F)(F)F)c1cccc(Br)c1C#N. The molecule has 0 saturated carbocycles. The molecule has 1 aromatic rings. The van der Waals surface area contributed by atoms with E-state index in [4.69, 9.17) is 5.26 Å². The fraction of sp³-hybridized carbons (Fsp3) is 0.417. The molecular weight excluding hydrogens is 309 g/mol. The Bertz CT molecular complexity index is 452. The van der Waals surface area contributed by atoms with Crippen molar-refractivity contribution in [1.29, 1.82) is 5.26 Å². The summed E-state index contributed by atoms with van der Waals surface area (Å²) in [4.78, 5) is 1.18. The van der Waals surface area contributed by atoms with Crippen molar-refractivity contribution in [2.24, 2.45) is 0 Å². The molecule has 1 rings (SSSR count). The Morgan fingerprint density at radius 3 is 2.56 bits per heavy atom. The van der Waals surface area contributed by atoms with Gasteiger partial charge in [-0.05, 0) is 34.5 Å². The molecule has 0 fully saturated rings. The second kappa shape index (κ2) is 6.10. The van der Waals surface area contributed by atoms with Gasteiger partial charge in [-0.25, -0.2) is 0 Å². The first kappa shape index (κ1) is 14.8. The maximum Gasteiger partial charge on any atom is 0.405 e. The summed E-state index contributed by atoms with van der Waals surface area (Å²) in [5, 5.41) is 9.03. The third kappa shape index (κ3) is 3.91. The Morgan fingerprint density at radius 1 is 1.39 bits per heavy atom. The predicted molar refractivity (Wildman–Crippen MR) is 67.4 cm³/mol. The van der Waals surface area contributed by atoms with Crippen LogP contribution in [0.5, 0.6) is 0 Å². The number of nitrogens with zero attached hydrogens (tertiary/aromatic N) is 2. The van der Waals surface area contributed by atoms with Crippen LogP contribution >= 0.6 is 15.9 Å². The quantitative estimate of drug-likeness (QED) is 0.835. The maximum atomic E-state index is 12.5. The van der Waals surface area contributed by atoms with E-state index in [1.54, 1.807) is 19.1 Å². The minimum absolute atomic E-state index is 0.232. The molecule has 0 aromatic heterocycles. The van der Waals surface area contributed by atoms with E-state index >= 15 is 0 Å². The summed E-state index contributed by atoms with van der Waals surface area (Å²) in [7, 11) is 0. The summed E-state index contributed by atoms with van der Waals surface area (Å²) in [6, 6.07) is 6.73. The lowest BCUT2D eigenvalue weighted by Gasteiger charge is -2.26. The highest BCUT2D eigenvalue weighted by Gasteiger charge is 2.31. The van der Waals surface area contributed by atoms with Crippen LogP contribution in [-0.4, -0.2) is 19.3 Å². The van der Waals surface area contributed by atoms with Crippen LogP contribution in [0, 0.1) is 11.3 Å². The first-order valence-corrected chi connectivity index (χ1v) is 6.18. The first-order valence-electron chi connectivity index (χ1n) is 5.39. The molecule has 18 heavy (non-hydrogen) atoms. The van der Waals surface area contributed by atoms with E-state index in [9.17, 15) is 13.2 Å². The van der Waals surface area contributed by atoms with Crippen LogP contribution in [0.15, 0.2) is 22.7 Å². The molecule has 1 aromatic carbocycles. The Morgan fingerprint density at radius 2 is 2.06 bits per heavy atom. The fourth-order valence-corrected chi connectivity index (χ4v) is 2.10. The molecular formula is C12H12BrF3N2. The van der Waals surface area contributed by atoms with Gasteiger partial charge in [0.1, 0.15) is 12.6 Å². The Hall–Kier alpha value is -1.22. The average Bonchev–Trinajstić information content (AvgIpc) is 2.26. The van der Waals surface area contributed by atoms with Gasteiger partial charge in [0.25, 0.3) is 0 Å². The number of alkyl halides is 3. The van der Waals surface area contributed by atoms with Crippen LogP contribution in [0.4, 0.5) is 18.9 Å². The van der Waals surface area contributed by atoms with Gasteiger partial charge in [0.05, 0.1) is 11.3 Å². The smallest absolute Gasteiger partial charge is 0.361 e. The highest BCUT2D eigenvalue weighted by molar-refractivity contribution is 9.10. The van der Waals surface area contributed by atoms with E-state index in [2.05, 4.69) is 15.9 Å². The second-order valence-corrected chi connectivity index (χ2v) is 4.64. The zero-order valence-corrected chi connectivity index (χ0v) is 11.3. The lowest BCUT2D eigenvalue weighted by molar-refractivity contribution is -0.119. The molecule has 6 heteroatoms. The first-order chi connectivity index (χ1) is 8.39. The van der Waals surface area contributed by atoms with E-state index in [1.807, 2.05) is 6.07 Å². The Labute approximate surface area is 112 Å². The van der Waals surface area contributed by atoms with Crippen LogP contribution in [0.25, 0.3) is 0 Å². The molecule has 0 radical (unpaired) electrons. The molecule has 0 aliphatic heterocycles. The molecule has 0 spiro atoms. The van der Waals surface area contributed by atoms with E-state index in [0.717, 1.165) is 0 Å². The maximum absolute atomic E-state index is 12.5. The van der Waals surface area contributed by atoms with Crippen LogP contribution in [0.3, 0.4) is 0 Å². The number of hydrogen-bond acceptors (Lipinski definition) is 2. The molecule has 0 unspecified atom stereocenters. The Kier molecular flexibility index (Phi) is 5.03. The third-order valence-electron chi connectivity index (χ3n) is 2.31. The van der Waals surface area contributed by atoms with Crippen molar-refractivity contribution < 1.29 is 13.2 Å². The van der Waals surface area contributed by atoms with Crippen molar-refractivity contribution in [1.82, 2.24) is 0 Å². The summed E-state index contributed by atoms with van der Waals surface area (Å²) in [6.07, 6.45) is -3.71. The van der Waals surface area contributed by atoms with Gasteiger partial charge in [0, 0.05) is 11.0 Å². The highest BCUT2D eigenvalue weighted by Crippen LogP contribution is 2.29. The molecule has 0 saturated heterocycles. The monoisotopic (exact) mass is 320 g/mol. The molecule has 0 heterocycles. The number of hydrogen-bond donors (Lipinski definition) is 0. The van der Waals surface area contributed by atoms with Gasteiger partial charge in [-0.3, -0.25) is 0 Å². The van der Waals surface area contributed by atoms with Crippen molar-refractivity contribution in [3.8, 4) is 6.07 Å². The largest absolute Gasteiger partial charge is 0.405 e. The third-order valence-corrected chi connectivity index (χ3v) is 2.97. The van der Waals surface area contributed by atoms with E-state index < -0.39 is 12.7 Å². The number of halogens is 4. The van der Waals surface area contributed by atoms with Gasteiger partial charge < -0.3 is 4.90 Å². The zero-order valence-electron chi connectivity index (χ0n) is 9.76. The number of nitriles is 1. The lowest BCUT2D eigenvalue weighted by Crippen LogP contribution is -2.35. The van der Waals surface area contributed by atoms with Gasteiger partial charge in [0.2, 0.25) is 0 Å². The normalized spacial score (nSPS) is 11.1. The number of rotatable bonds is 4. The van der Waals surface area contributed by atoms with Gasteiger partial charge in [-0.2, -0.15) is 18.4 Å². The minimum Gasteiger partial charge on any atom is -0.361 e. The summed E-state index contributed by atoms with van der Waals surface area (Å²) < 4.78 is 38.0. The van der Waals surface area contributed by atoms with Crippen LogP contribution < -0.4 is 4.90 Å². The van der Waals surface area contributed by atoms with Gasteiger partial charge >= 0.3 is 6.18 Å². The lowest BCUT2D eigenvalue weighted by atomic mass is 10.1. The fourth-order valence-electron chi connectivity index (χ4n) is 1.66. The van der Waals surface area contributed by atoms with Crippen molar-refractivity contribution in [2.75, 3.05) is 18.0 Å². The van der Waals surface area contributed by atoms with Crippen LogP contribution in [0.2, 0.25) is 0 Å².